The molecule has 0 bridgehead atoms. The number of non-ortho nitro benzene ring substituents is 1. The first-order valence-corrected chi connectivity index (χ1v) is 6.72. The summed E-state index contributed by atoms with van der Waals surface area (Å²) in [6, 6.07) is 4.11. The molecule has 1 amide bonds. The molecule has 1 fully saturated rings. The van der Waals surface area contributed by atoms with Crippen molar-refractivity contribution in [1.29, 1.82) is 0 Å². The summed E-state index contributed by atoms with van der Waals surface area (Å²) >= 11 is 0. The monoisotopic (exact) mass is 294 g/mol. The van der Waals surface area contributed by atoms with Gasteiger partial charge in [-0.1, -0.05) is 6.07 Å². The third kappa shape index (κ3) is 3.20. The Kier molecular flexibility index (Phi) is 4.54. The maximum Gasteiger partial charge on any atom is 0.270 e. The Balaban J connectivity index is 2.30. The zero-order chi connectivity index (χ0) is 15.6. The van der Waals surface area contributed by atoms with E-state index in [0.29, 0.717) is 17.7 Å². The van der Waals surface area contributed by atoms with Gasteiger partial charge in [0.1, 0.15) is 0 Å². The molecule has 2 unspecified atom stereocenters. The van der Waals surface area contributed by atoms with Crippen molar-refractivity contribution in [2.45, 2.75) is 26.0 Å². The highest BCUT2D eigenvalue weighted by molar-refractivity contribution is 5.96. The van der Waals surface area contributed by atoms with Crippen LogP contribution in [0.3, 0.4) is 0 Å². The minimum atomic E-state index is -0.518. The third-order valence-electron chi connectivity index (χ3n) is 3.63. The Bertz CT molecular complexity index is 560. The fourth-order valence-electron chi connectivity index (χ4n) is 2.32. The van der Waals surface area contributed by atoms with Crippen LogP contribution >= 0.6 is 0 Å². The molecule has 7 nitrogen and oxygen atoms in total. The Morgan fingerprint density at radius 2 is 2.29 bits per heavy atom. The molecule has 1 aliphatic rings. The first kappa shape index (κ1) is 15.4. The van der Waals surface area contributed by atoms with E-state index < -0.39 is 11.0 Å². The summed E-state index contributed by atoms with van der Waals surface area (Å²) in [5.74, 6) is -0.273. The van der Waals surface area contributed by atoms with Gasteiger partial charge in [-0.3, -0.25) is 14.9 Å². The van der Waals surface area contributed by atoms with Gasteiger partial charge in [-0.05, 0) is 19.4 Å². The second-order valence-electron chi connectivity index (χ2n) is 5.20. The molecule has 0 aromatic heterocycles. The molecule has 114 valence electrons. The number of nitrogens with zero attached hydrogens (tertiary/aromatic N) is 2. The number of amides is 1. The highest BCUT2D eigenvalue weighted by atomic mass is 16.6. The van der Waals surface area contributed by atoms with Crippen LogP contribution in [0.5, 0.6) is 0 Å². The number of ether oxygens (including phenoxy) is 1. The zero-order valence-corrected chi connectivity index (χ0v) is 12.0. The van der Waals surface area contributed by atoms with Crippen LogP contribution in [-0.4, -0.2) is 52.7 Å². The minimum Gasteiger partial charge on any atom is -0.394 e. The molecular weight excluding hydrogens is 276 g/mol. The molecule has 2 atom stereocenters. The lowest BCUT2D eigenvalue weighted by Crippen LogP contribution is -2.52. The molecule has 1 aromatic carbocycles. The van der Waals surface area contributed by atoms with Gasteiger partial charge < -0.3 is 14.7 Å². The summed E-state index contributed by atoms with van der Waals surface area (Å²) in [4.78, 5) is 24.6. The van der Waals surface area contributed by atoms with Crippen molar-refractivity contribution in [3.8, 4) is 0 Å². The lowest BCUT2D eigenvalue weighted by Gasteiger charge is -2.37. The smallest absolute Gasteiger partial charge is 0.270 e. The van der Waals surface area contributed by atoms with Crippen LogP contribution in [0.15, 0.2) is 18.2 Å². The Morgan fingerprint density at radius 3 is 2.90 bits per heavy atom. The van der Waals surface area contributed by atoms with E-state index in [4.69, 9.17) is 9.84 Å². The van der Waals surface area contributed by atoms with Crippen LogP contribution in [0, 0.1) is 17.0 Å². The number of hydrogen-bond acceptors (Lipinski definition) is 5. The average molecular weight is 294 g/mol. The van der Waals surface area contributed by atoms with Crippen LogP contribution < -0.4 is 0 Å². The predicted octanol–water partition coefficient (Wildman–Crippen LogP) is 1.13. The number of aliphatic hydroxyl groups is 1. The van der Waals surface area contributed by atoms with Gasteiger partial charge in [-0.25, -0.2) is 0 Å². The van der Waals surface area contributed by atoms with Crippen LogP contribution in [-0.2, 0) is 4.74 Å². The number of nitro benzene ring substituents is 1. The number of nitro groups is 1. The van der Waals surface area contributed by atoms with E-state index >= 15 is 0 Å². The molecule has 2 rings (SSSR count). The second kappa shape index (κ2) is 6.19. The molecule has 0 radical (unpaired) electrons. The number of carbonyl (C=O) groups excluding carboxylic acids is 1. The Morgan fingerprint density at radius 1 is 1.57 bits per heavy atom. The van der Waals surface area contributed by atoms with Gasteiger partial charge in [0.05, 0.1) is 30.3 Å². The average Bonchev–Trinajstić information content (AvgIpc) is 2.47. The number of benzene rings is 1. The zero-order valence-electron chi connectivity index (χ0n) is 12.0. The van der Waals surface area contributed by atoms with Crippen molar-refractivity contribution in [3.63, 3.8) is 0 Å². The number of rotatable bonds is 3. The maximum atomic E-state index is 12.6. The molecule has 21 heavy (non-hydrogen) atoms. The van der Waals surface area contributed by atoms with Gasteiger partial charge in [-0.2, -0.15) is 0 Å². The Hall–Kier alpha value is -1.99. The largest absolute Gasteiger partial charge is 0.394 e. The highest BCUT2D eigenvalue weighted by Crippen LogP contribution is 2.22. The number of hydrogen-bond donors (Lipinski definition) is 1. The molecule has 0 saturated carbocycles. The topological polar surface area (TPSA) is 92.9 Å². The van der Waals surface area contributed by atoms with E-state index in [0.717, 1.165) is 0 Å². The summed E-state index contributed by atoms with van der Waals surface area (Å²) in [6.07, 6.45) is -0.413. The quantitative estimate of drug-likeness (QED) is 0.666. The second-order valence-corrected chi connectivity index (χ2v) is 5.20. The molecule has 0 aliphatic carbocycles. The first-order valence-electron chi connectivity index (χ1n) is 6.72. The van der Waals surface area contributed by atoms with E-state index in [2.05, 4.69) is 0 Å². The van der Waals surface area contributed by atoms with Crippen LogP contribution in [0.1, 0.15) is 22.8 Å². The van der Waals surface area contributed by atoms with Gasteiger partial charge in [0.15, 0.2) is 0 Å². The molecule has 1 N–H and O–H groups in total. The number of aliphatic hydroxyl groups excluding tert-OH is 1. The predicted molar refractivity (Wildman–Crippen MR) is 75.2 cm³/mol. The number of carbonyl (C=O) groups is 1. The van der Waals surface area contributed by atoms with Crippen LogP contribution in [0.2, 0.25) is 0 Å². The van der Waals surface area contributed by atoms with E-state index in [-0.39, 0.29) is 30.8 Å². The molecule has 1 heterocycles. The lowest BCUT2D eigenvalue weighted by molar-refractivity contribution is -0.384. The van der Waals surface area contributed by atoms with Crippen molar-refractivity contribution < 1.29 is 19.6 Å². The van der Waals surface area contributed by atoms with E-state index in [9.17, 15) is 14.9 Å². The summed E-state index contributed by atoms with van der Waals surface area (Å²) in [6.45, 7) is 4.04. The van der Waals surface area contributed by atoms with Crippen molar-refractivity contribution >= 4 is 11.6 Å². The van der Waals surface area contributed by atoms with Crippen molar-refractivity contribution in [2.24, 2.45) is 0 Å². The molecule has 1 aliphatic heterocycles. The van der Waals surface area contributed by atoms with Crippen LogP contribution in [0.4, 0.5) is 5.69 Å². The highest BCUT2D eigenvalue weighted by Gasteiger charge is 2.31. The van der Waals surface area contributed by atoms with Crippen molar-refractivity contribution in [2.75, 3.05) is 19.8 Å². The SMILES string of the molecule is Cc1ccc([N+](=O)[O-])cc1C(=O)N1CC(CO)OCC1C. The summed E-state index contributed by atoms with van der Waals surface area (Å²) < 4.78 is 5.40. The summed E-state index contributed by atoms with van der Waals surface area (Å²) in [7, 11) is 0. The molecule has 0 spiro atoms. The molecule has 7 heteroatoms. The summed E-state index contributed by atoms with van der Waals surface area (Å²) in [5, 5.41) is 20.0. The lowest BCUT2D eigenvalue weighted by atomic mass is 10.0. The van der Waals surface area contributed by atoms with Gasteiger partial charge in [-0.15, -0.1) is 0 Å². The fourth-order valence-corrected chi connectivity index (χ4v) is 2.32. The molecule has 1 aromatic rings. The summed E-state index contributed by atoms with van der Waals surface area (Å²) in [5.41, 5.74) is 0.892. The number of aryl methyl sites for hydroxylation is 1. The first-order chi connectivity index (χ1) is 9.93. The van der Waals surface area contributed by atoms with E-state index in [1.54, 1.807) is 17.9 Å². The van der Waals surface area contributed by atoms with Crippen molar-refractivity contribution in [3.05, 3.63) is 39.4 Å². The normalized spacial score (nSPS) is 22.1. The van der Waals surface area contributed by atoms with Crippen molar-refractivity contribution in [1.82, 2.24) is 4.90 Å². The van der Waals surface area contributed by atoms with Gasteiger partial charge in [0.25, 0.3) is 11.6 Å². The van der Waals surface area contributed by atoms with Gasteiger partial charge >= 0.3 is 0 Å². The maximum absolute atomic E-state index is 12.6. The standard InChI is InChI=1S/C14H18N2O5/c1-9-3-4-11(16(19)20)5-13(9)14(18)15-6-12(7-17)21-8-10(15)2/h3-5,10,12,17H,6-8H2,1-2H3. The number of morpholine rings is 1. The van der Waals surface area contributed by atoms with Gasteiger partial charge in [0.2, 0.25) is 0 Å². The van der Waals surface area contributed by atoms with Gasteiger partial charge in [0, 0.05) is 24.2 Å². The van der Waals surface area contributed by atoms with E-state index in [1.807, 2.05) is 6.92 Å². The molecule has 1 saturated heterocycles. The minimum absolute atomic E-state index is 0.108. The van der Waals surface area contributed by atoms with Crippen LogP contribution in [0.25, 0.3) is 0 Å². The fraction of sp³-hybridized carbons (Fsp3) is 0.500. The third-order valence-corrected chi connectivity index (χ3v) is 3.63. The molecular formula is C14H18N2O5. The Labute approximate surface area is 122 Å². The van der Waals surface area contributed by atoms with E-state index in [1.165, 1.54) is 12.1 Å².